The van der Waals surface area contributed by atoms with Crippen LogP contribution in [0.2, 0.25) is 0 Å². The Morgan fingerprint density at radius 3 is 1.81 bits per heavy atom. The van der Waals surface area contributed by atoms with Gasteiger partial charge in [0.15, 0.2) is 0 Å². The number of hydrogen-bond donors (Lipinski definition) is 1. The van der Waals surface area contributed by atoms with Gasteiger partial charge in [-0.2, -0.15) is 8.42 Å². The van der Waals surface area contributed by atoms with E-state index in [1.165, 1.54) is 57.8 Å². The van der Waals surface area contributed by atoms with Crippen molar-refractivity contribution in [2.24, 2.45) is 0 Å². The lowest BCUT2D eigenvalue weighted by Gasteiger charge is -2.15. The second-order valence-electron chi connectivity index (χ2n) is 8.62. The normalized spacial score (nSPS) is 13.0. The number of hydrogen-bond acceptors (Lipinski definition) is 4. The minimum absolute atomic E-state index is 0.168. The van der Waals surface area contributed by atoms with E-state index in [-0.39, 0.29) is 12.8 Å². The predicted molar refractivity (Wildman–Crippen MR) is 130 cm³/mol. The molecule has 0 aromatic carbocycles. The van der Waals surface area contributed by atoms with Crippen molar-refractivity contribution in [3.05, 3.63) is 12.2 Å². The molecule has 0 fully saturated rings. The van der Waals surface area contributed by atoms with Gasteiger partial charge in [0.2, 0.25) is 5.44 Å². The summed E-state index contributed by atoms with van der Waals surface area (Å²) in [6, 6.07) is 0. The third kappa shape index (κ3) is 20.8. The van der Waals surface area contributed by atoms with Crippen LogP contribution >= 0.6 is 0 Å². The van der Waals surface area contributed by atoms with Crippen molar-refractivity contribution < 1.29 is 22.5 Å². The number of allylic oxidation sites excluding steroid dienone is 2. The molecule has 0 aromatic heterocycles. The first-order valence-electron chi connectivity index (χ1n) is 12.7. The number of ether oxygens (including phenoxy) is 1. The zero-order chi connectivity index (χ0) is 23.2. The number of esters is 1. The quantitative estimate of drug-likeness (QED) is 0.0773. The van der Waals surface area contributed by atoms with Crippen LogP contribution in [-0.4, -0.2) is 24.4 Å². The Balaban J connectivity index is 3.85. The minimum Gasteiger partial charge on any atom is -0.443 e. The molecule has 0 spiro atoms. The van der Waals surface area contributed by atoms with Crippen molar-refractivity contribution in [3.8, 4) is 0 Å². The lowest BCUT2D eigenvalue weighted by atomic mass is 10.1. The molecule has 0 aliphatic heterocycles. The van der Waals surface area contributed by atoms with Crippen LogP contribution < -0.4 is 0 Å². The highest BCUT2D eigenvalue weighted by molar-refractivity contribution is 7.86. The molecule has 6 heteroatoms. The lowest BCUT2D eigenvalue weighted by Crippen LogP contribution is -2.27. The summed E-state index contributed by atoms with van der Waals surface area (Å²) in [7, 11) is -4.37. The van der Waals surface area contributed by atoms with Gasteiger partial charge in [-0.25, -0.2) is 0 Å². The van der Waals surface area contributed by atoms with Gasteiger partial charge in [0.25, 0.3) is 0 Å². The topological polar surface area (TPSA) is 80.7 Å². The molecule has 184 valence electrons. The summed E-state index contributed by atoms with van der Waals surface area (Å²) < 4.78 is 37.6. The molecular formula is C25H48O5S. The van der Waals surface area contributed by atoms with E-state index in [0.717, 1.165) is 38.5 Å². The number of rotatable bonds is 22. The van der Waals surface area contributed by atoms with Crippen molar-refractivity contribution in [3.63, 3.8) is 0 Å². The second-order valence-corrected chi connectivity index (χ2v) is 10.2. The molecule has 1 atom stereocenters. The molecule has 0 saturated heterocycles. The van der Waals surface area contributed by atoms with Crippen LogP contribution in [0.25, 0.3) is 0 Å². The summed E-state index contributed by atoms with van der Waals surface area (Å²) in [5.41, 5.74) is -1.42. The van der Waals surface area contributed by atoms with E-state index in [4.69, 9.17) is 4.74 Å². The van der Waals surface area contributed by atoms with Crippen molar-refractivity contribution >= 4 is 16.1 Å². The number of carbonyl (C=O) groups excluding carboxylic acids is 1. The van der Waals surface area contributed by atoms with Crippen LogP contribution in [0.15, 0.2) is 12.2 Å². The first kappa shape index (κ1) is 30.1. The Bertz CT molecular complexity index is 542. The first-order chi connectivity index (χ1) is 14.9. The van der Waals surface area contributed by atoms with E-state index in [1.54, 1.807) is 0 Å². The molecule has 31 heavy (non-hydrogen) atoms. The SMILES string of the molecule is CCCC/C=C\CCCCCCCCC(OC(=O)CCCCCCCCC)S(=O)(=O)O. The molecular weight excluding hydrogens is 412 g/mol. The Hall–Kier alpha value is -0.880. The van der Waals surface area contributed by atoms with Gasteiger partial charge in [-0.1, -0.05) is 103 Å². The van der Waals surface area contributed by atoms with Crippen LogP contribution in [0.1, 0.15) is 136 Å². The summed E-state index contributed by atoms with van der Waals surface area (Å²) in [5, 5.41) is 0. The molecule has 0 aromatic rings. The highest BCUT2D eigenvalue weighted by Gasteiger charge is 2.26. The maximum absolute atomic E-state index is 12.0. The maximum atomic E-state index is 12.0. The fraction of sp³-hybridized carbons (Fsp3) is 0.880. The molecule has 0 heterocycles. The highest BCUT2D eigenvalue weighted by Crippen LogP contribution is 2.16. The highest BCUT2D eigenvalue weighted by atomic mass is 32.2. The Morgan fingerprint density at radius 1 is 0.742 bits per heavy atom. The number of carbonyl (C=O) groups is 1. The van der Waals surface area contributed by atoms with Gasteiger partial charge in [-0.15, -0.1) is 0 Å². The van der Waals surface area contributed by atoms with E-state index >= 15 is 0 Å². The Labute approximate surface area is 192 Å². The summed E-state index contributed by atoms with van der Waals surface area (Å²) in [5.74, 6) is -0.525. The van der Waals surface area contributed by atoms with E-state index < -0.39 is 21.5 Å². The third-order valence-corrected chi connectivity index (χ3v) is 6.53. The number of unbranched alkanes of at least 4 members (excludes halogenated alkanes) is 14. The van der Waals surface area contributed by atoms with Crippen LogP contribution in [-0.2, 0) is 19.6 Å². The molecule has 0 aliphatic rings. The fourth-order valence-corrected chi connectivity index (χ4v) is 4.23. The van der Waals surface area contributed by atoms with Crippen LogP contribution in [0.5, 0.6) is 0 Å². The lowest BCUT2D eigenvalue weighted by molar-refractivity contribution is -0.146. The molecule has 1 N–H and O–H groups in total. The van der Waals surface area contributed by atoms with Crippen molar-refractivity contribution in [2.45, 2.75) is 141 Å². The Kier molecular flexibility index (Phi) is 20.4. The van der Waals surface area contributed by atoms with E-state index in [2.05, 4.69) is 26.0 Å². The maximum Gasteiger partial charge on any atom is 0.307 e. The zero-order valence-electron chi connectivity index (χ0n) is 20.2. The van der Waals surface area contributed by atoms with Gasteiger partial charge >= 0.3 is 16.1 Å². The summed E-state index contributed by atoms with van der Waals surface area (Å²) in [4.78, 5) is 12.0. The van der Waals surface area contributed by atoms with Gasteiger partial charge in [-0.3, -0.25) is 9.35 Å². The smallest absolute Gasteiger partial charge is 0.307 e. The van der Waals surface area contributed by atoms with Crippen molar-refractivity contribution in [2.75, 3.05) is 0 Å². The minimum atomic E-state index is -4.37. The molecule has 0 radical (unpaired) electrons. The van der Waals surface area contributed by atoms with E-state index in [9.17, 15) is 17.8 Å². The summed E-state index contributed by atoms with van der Waals surface area (Å²) >= 11 is 0. The Morgan fingerprint density at radius 2 is 1.23 bits per heavy atom. The van der Waals surface area contributed by atoms with Gasteiger partial charge in [0.1, 0.15) is 0 Å². The van der Waals surface area contributed by atoms with Crippen LogP contribution in [0.3, 0.4) is 0 Å². The summed E-state index contributed by atoms with van der Waals surface area (Å²) in [6.45, 7) is 4.38. The van der Waals surface area contributed by atoms with Gasteiger partial charge in [-0.05, 0) is 32.1 Å². The fourth-order valence-electron chi connectivity index (χ4n) is 3.54. The third-order valence-electron chi connectivity index (χ3n) is 5.53. The van der Waals surface area contributed by atoms with Crippen LogP contribution in [0.4, 0.5) is 0 Å². The molecule has 0 bridgehead atoms. The molecule has 5 nitrogen and oxygen atoms in total. The van der Waals surface area contributed by atoms with Crippen LogP contribution in [0, 0.1) is 0 Å². The van der Waals surface area contributed by atoms with Crippen molar-refractivity contribution in [1.82, 2.24) is 0 Å². The van der Waals surface area contributed by atoms with Gasteiger partial charge < -0.3 is 4.74 Å². The average molecular weight is 461 g/mol. The zero-order valence-corrected chi connectivity index (χ0v) is 21.0. The van der Waals surface area contributed by atoms with E-state index in [0.29, 0.717) is 12.8 Å². The molecule has 0 amide bonds. The standard InChI is InChI=1S/C25H48O5S/c1-3-5-7-9-11-12-13-14-15-17-19-21-23-25(31(27,28)29)30-24(26)22-20-18-16-10-8-6-4-2/h9,11,25H,3-8,10,12-23H2,1-2H3,(H,27,28,29)/b11-9-. The second kappa shape index (κ2) is 21.0. The van der Waals surface area contributed by atoms with E-state index in [1.807, 2.05) is 0 Å². The molecule has 0 saturated carbocycles. The molecule has 0 aliphatic carbocycles. The van der Waals surface area contributed by atoms with Crippen molar-refractivity contribution in [1.29, 1.82) is 0 Å². The van der Waals surface area contributed by atoms with Gasteiger partial charge in [0, 0.05) is 12.8 Å². The predicted octanol–water partition coefficient (Wildman–Crippen LogP) is 7.75. The van der Waals surface area contributed by atoms with Gasteiger partial charge in [0.05, 0.1) is 0 Å². The first-order valence-corrected chi connectivity index (χ1v) is 14.2. The monoisotopic (exact) mass is 460 g/mol. The summed E-state index contributed by atoms with van der Waals surface area (Å²) in [6.07, 6.45) is 23.3. The molecule has 0 rings (SSSR count). The largest absolute Gasteiger partial charge is 0.443 e. The molecule has 1 unspecified atom stereocenters. The average Bonchev–Trinajstić information content (AvgIpc) is 2.72.